The fourth-order valence-corrected chi connectivity index (χ4v) is 12.3. The Hall–Kier alpha value is -0.0800. The molecule has 0 aromatic carbocycles. The second-order valence-electron chi connectivity index (χ2n) is 14.8. The molecule has 0 aromatic heterocycles. The Bertz CT molecular complexity index is 771. The molecule has 0 amide bonds. The summed E-state index contributed by atoms with van der Waals surface area (Å²) in [6, 6.07) is 0. The van der Waals surface area contributed by atoms with E-state index >= 15 is 0 Å². The molecule has 1 N–H and O–H groups in total. The molecule has 6 aliphatic rings. The van der Waals surface area contributed by atoms with Gasteiger partial charge in [0.15, 0.2) is 5.79 Å². The van der Waals surface area contributed by atoms with Crippen molar-refractivity contribution in [3.05, 3.63) is 0 Å². The van der Waals surface area contributed by atoms with E-state index in [1.807, 2.05) is 6.92 Å². The predicted octanol–water partition coefficient (Wildman–Crippen LogP) is 7.20. The second-order valence-corrected chi connectivity index (χ2v) is 14.8. The molecule has 2 heteroatoms. The van der Waals surface area contributed by atoms with Gasteiger partial charge in [-0.3, -0.25) is 0 Å². The van der Waals surface area contributed by atoms with Gasteiger partial charge in [0.2, 0.25) is 0 Å². The van der Waals surface area contributed by atoms with Gasteiger partial charge in [-0.1, -0.05) is 41.0 Å². The Morgan fingerprint density at radius 2 is 1.29 bits per heavy atom. The van der Waals surface area contributed by atoms with Crippen molar-refractivity contribution in [1.29, 1.82) is 0 Å². The maximum atomic E-state index is 11.0. The lowest BCUT2D eigenvalue weighted by molar-refractivity contribution is -0.316. The summed E-state index contributed by atoms with van der Waals surface area (Å²) >= 11 is 0. The summed E-state index contributed by atoms with van der Waals surface area (Å²) in [4.78, 5) is 0. The average Bonchev–Trinajstić information content (AvgIpc) is 3.00. The SMILES string of the molecule is CC1(C)CCC[C@@]2(C)C1CC[C@]1(C)C2CCC2[C@@]34CC[C@@H](C3CC[C@]21C)C(C)(O)OC4. The largest absolute Gasteiger partial charge is 0.365 e. The van der Waals surface area contributed by atoms with Crippen LogP contribution in [0.5, 0.6) is 0 Å². The highest BCUT2D eigenvalue weighted by atomic mass is 16.6. The lowest BCUT2D eigenvalue weighted by Gasteiger charge is -2.73. The number of rotatable bonds is 0. The third-order valence-corrected chi connectivity index (χ3v) is 13.7. The molecule has 6 fully saturated rings. The van der Waals surface area contributed by atoms with E-state index in [-0.39, 0.29) is 0 Å². The topological polar surface area (TPSA) is 29.5 Å². The molecule has 5 aliphatic carbocycles. The molecule has 2 bridgehead atoms. The first-order valence-corrected chi connectivity index (χ1v) is 13.8. The molecule has 0 spiro atoms. The molecule has 5 unspecified atom stereocenters. The molecule has 176 valence electrons. The van der Waals surface area contributed by atoms with E-state index in [9.17, 15) is 5.11 Å². The third kappa shape index (κ3) is 2.38. The van der Waals surface area contributed by atoms with E-state index in [4.69, 9.17) is 4.74 Å². The van der Waals surface area contributed by atoms with Crippen LogP contribution in [0.4, 0.5) is 0 Å². The van der Waals surface area contributed by atoms with Gasteiger partial charge in [0.05, 0.1) is 6.61 Å². The molecule has 1 heterocycles. The summed E-state index contributed by atoms with van der Waals surface area (Å²) in [5, 5.41) is 11.0. The maximum absolute atomic E-state index is 11.0. The van der Waals surface area contributed by atoms with Crippen LogP contribution in [0.2, 0.25) is 0 Å². The molecule has 1 saturated heterocycles. The predicted molar refractivity (Wildman–Crippen MR) is 125 cm³/mol. The van der Waals surface area contributed by atoms with E-state index in [1.165, 1.54) is 70.6 Å². The van der Waals surface area contributed by atoms with Gasteiger partial charge in [0.25, 0.3) is 0 Å². The highest BCUT2D eigenvalue weighted by molar-refractivity contribution is 5.20. The highest BCUT2D eigenvalue weighted by Gasteiger charge is 2.73. The van der Waals surface area contributed by atoms with E-state index in [0.717, 1.165) is 24.4 Å². The summed E-state index contributed by atoms with van der Waals surface area (Å²) in [6.07, 6.45) is 15.3. The van der Waals surface area contributed by atoms with Crippen LogP contribution in [0.25, 0.3) is 0 Å². The zero-order valence-corrected chi connectivity index (χ0v) is 21.2. The van der Waals surface area contributed by atoms with Crippen LogP contribution in [0.1, 0.15) is 112 Å². The Labute approximate surface area is 191 Å². The summed E-state index contributed by atoms with van der Waals surface area (Å²) in [6.45, 7) is 16.1. The van der Waals surface area contributed by atoms with E-state index in [1.54, 1.807) is 0 Å². The van der Waals surface area contributed by atoms with Crippen LogP contribution in [0.3, 0.4) is 0 Å². The Morgan fingerprint density at radius 3 is 2.06 bits per heavy atom. The number of aliphatic hydroxyl groups is 1. The Morgan fingerprint density at radius 1 is 0.645 bits per heavy atom. The van der Waals surface area contributed by atoms with Crippen LogP contribution in [-0.2, 0) is 4.74 Å². The molecular formula is C29H48O2. The summed E-state index contributed by atoms with van der Waals surface area (Å²) in [5.74, 6) is 2.75. The number of hydrogen-bond donors (Lipinski definition) is 1. The molecule has 5 saturated carbocycles. The molecular weight excluding hydrogens is 380 g/mol. The lowest BCUT2D eigenvalue weighted by atomic mass is 9.32. The van der Waals surface area contributed by atoms with Crippen molar-refractivity contribution in [1.82, 2.24) is 0 Å². The van der Waals surface area contributed by atoms with Gasteiger partial charge in [-0.2, -0.15) is 0 Å². The van der Waals surface area contributed by atoms with Crippen molar-refractivity contribution < 1.29 is 9.84 Å². The Kier molecular flexibility index (Phi) is 4.24. The standard InChI is InChI=1S/C29H48O2/c1-24(2)13-7-14-25(3)21(24)12-16-26(4)22(25)8-9-23-27(26,5)15-10-20-19-11-17-29(20,23)18-31-28(19,6)30/h19-23,30H,7-18H2,1-6H3/t19-,20?,21?,22?,23?,25-,26+,27+,28?,29+/m0/s1. The van der Waals surface area contributed by atoms with Crippen LogP contribution >= 0.6 is 0 Å². The van der Waals surface area contributed by atoms with Gasteiger partial charge in [0, 0.05) is 11.3 Å². The fourth-order valence-electron chi connectivity index (χ4n) is 12.3. The molecule has 1 aliphatic heterocycles. The number of hydrogen-bond acceptors (Lipinski definition) is 2. The third-order valence-electron chi connectivity index (χ3n) is 13.7. The van der Waals surface area contributed by atoms with Crippen molar-refractivity contribution >= 4 is 0 Å². The maximum Gasteiger partial charge on any atom is 0.165 e. The van der Waals surface area contributed by atoms with Gasteiger partial charge in [0.1, 0.15) is 0 Å². The lowest BCUT2D eigenvalue weighted by Crippen LogP contribution is -2.68. The van der Waals surface area contributed by atoms with Crippen molar-refractivity contribution in [2.45, 2.75) is 118 Å². The van der Waals surface area contributed by atoms with Gasteiger partial charge < -0.3 is 9.84 Å². The minimum atomic E-state index is -0.890. The quantitative estimate of drug-likeness (QED) is 0.442. The van der Waals surface area contributed by atoms with Crippen molar-refractivity contribution in [2.24, 2.45) is 56.7 Å². The van der Waals surface area contributed by atoms with Crippen LogP contribution in [-0.4, -0.2) is 17.5 Å². The minimum Gasteiger partial charge on any atom is -0.365 e. The van der Waals surface area contributed by atoms with Gasteiger partial charge in [-0.25, -0.2) is 0 Å². The molecule has 0 radical (unpaired) electrons. The summed E-state index contributed by atoms with van der Waals surface area (Å²) in [5.41, 5.74) is 2.29. The first-order chi connectivity index (χ1) is 14.4. The fraction of sp³-hybridized carbons (Fsp3) is 1.00. The summed E-state index contributed by atoms with van der Waals surface area (Å²) < 4.78 is 6.26. The van der Waals surface area contributed by atoms with E-state index < -0.39 is 5.79 Å². The highest BCUT2D eigenvalue weighted by Crippen LogP contribution is 2.78. The molecule has 0 aromatic rings. The monoisotopic (exact) mass is 428 g/mol. The Balaban J connectivity index is 1.39. The van der Waals surface area contributed by atoms with Gasteiger partial charge >= 0.3 is 0 Å². The second kappa shape index (κ2) is 6.12. The van der Waals surface area contributed by atoms with Crippen LogP contribution in [0, 0.1) is 56.7 Å². The first-order valence-electron chi connectivity index (χ1n) is 13.8. The summed E-state index contributed by atoms with van der Waals surface area (Å²) in [7, 11) is 0. The molecule has 2 nitrogen and oxygen atoms in total. The molecule has 10 atom stereocenters. The average molecular weight is 429 g/mol. The first kappa shape index (κ1) is 21.5. The van der Waals surface area contributed by atoms with Crippen molar-refractivity contribution in [3.8, 4) is 0 Å². The number of ether oxygens (including phenoxy) is 1. The molecule has 31 heavy (non-hydrogen) atoms. The minimum absolute atomic E-state index is 0.345. The smallest absolute Gasteiger partial charge is 0.165 e. The van der Waals surface area contributed by atoms with Crippen LogP contribution in [0.15, 0.2) is 0 Å². The zero-order chi connectivity index (χ0) is 22.1. The number of fused-ring (bicyclic) bond motifs is 5. The normalized spacial score (nSPS) is 62.2. The van der Waals surface area contributed by atoms with Crippen molar-refractivity contribution in [3.63, 3.8) is 0 Å². The van der Waals surface area contributed by atoms with Crippen molar-refractivity contribution in [2.75, 3.05) is 6.61 Å². The van der Waals surface area contributed by atoms with E-state index in [0.29, 0.717) is 38.9 Å². The van der Waals surface area contributed by atoms with Gasteiger partial charge in [-0.05, 0) is 116 Å². The zero-order valence-electron chi connectivity index (χ0n) is 21.2. The van der Waals surface area contributed by atoms with Crippen LogP contribution < -0.4 is 0 Å². The van der Waals surface area contributed by atoms with E-state index in [2.05, 4.69) is 34.6 Å². The molecule has 6 rings (SSSR count). The van der Waals surface area contributed by atoms with Gasteiger partial charge in [-0.15, -0.1) is 0 Å².